The minimum Gasteiger partial charge on any atom is -0.491 e. The Kier molecular flexibility index (Phi) is 6.42. The van der Waals surface area contributed by atoms with Gasteiger partial charge < -0.3 is 15.2 Å². The van der Waals surface area contributed by atoms with Crippen molar-refractivity contribution >= 4 is 23.5 Å². The highest BCUT2D eigenvalue weighted by molar-refractivity contribution is 6.30. The van der Waals surface area contributed by atoms with Gasteiger partial charge >= 0.3 is 5.97 Å². The zero-order valence-corrected chi connectivity index (χ0v) is 14.8. The van der Waals surface area contributed by atoms with Gasteiger partial charge in [0.25, 0.3) is 5.91 Å². The summed E-state index contributed by atoms with van der Waals surface area (Å²) in [5.74, 6) is -0.661. The summed E-state index contributed by atoms with van der Waals surface area (Å²) in [5, 5.41) is 12.4. The molecule has 0 heterocycles. The van der Waals surface area contributed by atoms with Crippen LogP contribution in [0, 0.1) is 0 Å². The molecule has 5 nitrogen and oxygen atoms in total. The topological polar surface area (TPSA) is 75.6 Å². The van der Waals surface area contributed by atoms with Crippen LogP contribution in [0.3, 0.4) is 0 Å². The number of rotatable bonds is 7. The lowest BCUT2D eigenvalue weighted by Crippen LogP contribution is -2.30. The highest BCUT2D eigenvalue weighted by atomic mass is 35.5. The van der Waals surface area contributed by atoms with Crippen LogP contribution in [0.1, 0.15) is 42.2 Å². The predicted octanol–water partition coefficient (Wildman–Crippen LogP) is 4.07. The molecular formula is C19H20ClNO4. The number of amides is 1. The second-order valence-electron chi connectivity index (χ2n) is 5.87. The minimum absolute atomic E-state index is 0.0465. The van der Waals surface area contributed by atoms with Gasteiger partial charge in [-0.15, -0.1) is 0 Å². The molecule has 132 valence electrons. The van der Waals surface area contributed by atoms with E-state index in [0.717, 1.165) is 0 Å². The van der Waals surface area contributed by atoms with Crippen LogP contribution in [0.5, 0.6) is 5.75 Å². The van der Waals surface area contributed by atoms with Crippen LogP contribution in [-0.2, 0) is 4.79 Å². The van der Waals surface area contributed by atoms with Gasteiger partial charge in [0.05, 0.1) is 18.6 Å². The molecule has 0 saturated carbocycles. The van der Waals surface area contributed by atoms with Crippen molar-refractivity contribution in [2.24, 2.45) is 0 Å². The van der Waals surface area contributed by atoms with Gasteiger partial charge in [-0.25, -0.2) is 0 Å². The summed E-state index contributed by atoms with van der Waals surface area (Å²) in [6, 6.07) is 12.8. The number of benzene rings is 2. The van der Waals surface area contributed by atoms with Crippen molar-refractivity contribution in [3.8, 4) is 5.75 Å². The summed E-state index contributed by atoms with van der Waals surface area (Å²) in [7, 11) is 0. The number of carbonyl (C=O) groups is 2. The molecule has 2 rings (SSSR count). The minimum atomic E-state index is -0.996. The van der Waals surface area contributed by atoms with Crippen molar-refractivity contribution in [1.29, 1.82) is 0 Å². The Labute approximate surface area is 151 Å². The lowest BCUT2D eigenvalue weighted by molar-refractivity contribution is -0.137. The fourth-order valence-electron chi connectivity index (χ4n) is 2.32. The highest BCUT2D eigenvalue weighted by Gasteiger charge is 2.19. The molecule has 2 aromatic carbocycles. The van der Waals surface area contributed by atoms with Gasteiger partial charge in [-0.05, 0) is 55.8 Å². The average Bonchev–Trinajstić information content (AvgIpc) is 2.54. The number of carboxylic acids is 1. The molecule has 0 bridgehead atoms. The molecule has 0 aliphatic rings. The first-order valence-corrected chi connectivity index (χ1v) is 8.28. The lowest BCUT2D eigenvalue weighted by Gasteiger charge is -2.18. The standard InChI is InChI=1S/C19H20ClNO4/c1-12(2)25-16-9-5-13(6-10-16)17(11-18(22)23)21-19(24)14-3-7-15(20)8-4-14/h3-10,12,17H,11H2,1-2H3,(H,21,24)(H,22,23)/t17-/m1/s1. The maximum Gasteiger partial charge on any atom is 0.305 e. The summed E-state index contributed by atoms with van der Waals surface area (Å²) < 4.78 is 5.58. The molecule has 0 aromatic heterocycles. The number of hydrogen-bond acceptors (Lipinski definition) is 3. The SMILES string of the molecule is CC(C)Oc1ccc([C@@H](CC(=O)O)NC(=O)c2ccc(Cl)cc2)cc1. The zero-order chi connectivity index (χ0) is 18.4. The Balaban J connectivity index is 2.16. The average molecular weight is 362 g/mol. The molecule has 0 saturated heterocycles. The predicted molar refractivity (Wildman–Crippen MR) is 96.1 cm³/mol. The molecule has 1 atom stereocenters. The summed E-state index contributed by atoms with van der Waals surface area (Å²) in [6.07, 6.45) is -0.172. The van der Waals surface area contributed by atoms with Crippen LogP contribution in [0.25, 0.3) is 0 Å². The normalized spacial score (nSPS) is 11.8. The summed E-state index contributed by atoms with van der Waals surface area (Å²) in [4.78, 5) is 23.5. The van der Waals surface area contributed by atoms with Crippen molar-refractivity contribution in [2.45, 2.75) is 32.4 Å². The van der Waals surface area contributed by atoms with E-state index in [0.29, 0.717) is 21.9 Å². The van der Waals surface area contributed by atoms with Crippen LogP contribution in [0.2, 0.25) is 5.02 Å². The summed E-state index contributed by atoms with van der Waals surface area (Å²) in [5.41, 5.74) is 1.11. The van der Waals surface area contributed by atoms with E-state index < -0.39 is 12.0 Å². The summed E-state index contributed by atoms with van der Waals surface area (Å²) >= 11 is 5.82. The lowest BCUT2D eigenvalue weighted by atomic mass is 10.0. The maximum absolute atomic E-state index is 12.4. The number of carboxylic acid groups (broad SMARTS) is 1. The van der Waals surface area contributed by atoms with E-state index in [1.54, 1.807) is 48.5 Å². The Morgan fingerprint density at radius 3 is 2.20 bits per heavy atom. The van der Waals surface area contributed by atoms with E-state index in [1.807, 2.05) is 13.8 Å². The second-order valence-corrected chi connectivity index (χ2v) is 6.30. The molecule has 6 heteroatoms. The van der Waals surface area contributed by atoms with Gasteiger partial charge in [0, 0.05) is 10.6 Å². The Morgan fingerprint density at radius 1 is 1.08 bits per heavy atom. The molecule has 2 N–H and O–H groups in total. The van der Waals surface area contributed by atoms with Crippen molar-refractivity contribution in [2.75, 3.05) is 0 Å². The van der Waals surface area contributed by atoms with Crippen LogP contribution in [-0.4, -0.2) is 23.1 Å². The second kappa shape index (κ2) is 8.53. The highest BCUT2D eigenvalue weighted by Crippen LogP contribution is 2.22. The monoisotopic (exact) mass is 361 g/mol. The van der Waals surface area contributed by atoms with Gasteiger partial charge in [-0.1, -0.05) is 23.7 Å². The molecule has 1 amide bonds. The van der Waals surface area contributed by atoms with Crippen LogP contribution in [0.15, 0.2) is 48.5 Å². The van der Waals surface area contributed by atoms with Crippen LogP contribution in [0.4, 0.5) is 0 Å². The molecule has 0 aliphatic carbocycles. The maximum atomic E-state index is 12.4. The smallest absolute Gasteiger partial charge is 0.305 e. The number of nitrogens with one attached hydrogen (secondary N) is 1. The number of ether oxygens (including phenoxy) is 1. The first-order chi connectivity index (χ1) is 11.8. The molecule has 25 heavy (non-hydrogen) atoms. The van der Waals surface area contributed by atoms with E-state index in [4.69, 9.17) is 21.4 Å². The zero-order valence-electron chi connectivity index (χ0n) is 14.0. The van der Waals surface area contributed by atoms with E-state index in [2.05, 4.69) is 5.32 Å². The van der Waals surface area contributed by atoms with Crippen LogP contribution < -0.4 is 10.1 Å². The Morgan fingerprint density at radius 2 is 1.68 bits per heavy atom. The Hall–Kier alpha value is -2.53. The molecule has 0 spiro atoms. The van der Waals surface area contributed by atoms with Crippen molar-refractivity contribution in [3.63, 3.8) is 0 Å². The fraction of sp³-hybridized carbons (Fsp3) is 0.263. The van der Waals surface area contributed by atoms with E-state index >= 15 is 0 Å². The van der Waals surface area contributed by atoms with Gasteiger partial charge in [0.2, 0.25) is 0 Å². The number of carbonyl (C=O) groups excluding carboxylic acids is 1. The summed E-state index contributed by atoms with van der Waals surface area (Å²) in [6.45, 7) is 3.85. The van der Waals surface area contributed by atoms with Gasteiger partial charge in [-0.3, -0.25) is 9.59 Å². The number of aliphatic carboxylic acids is 1. The molecule has 2 aromatic rings. The van der Waals surface area contributed by atoms with Crippen molar-refractivity contribution < 1.29 is 19.4 Å². The molecular weight excluding hydrogens is 342 g/mol. The quantitative estimate of drug-likeness (QED) is 0.779. The van der Waals surface area contributed by atoms with Gasteiger partial charge in [0.1, 0.15) is 5.75 Å². The first-order valence-electron chi connectivity index (χ1n) is 7.90. The van der Waals surface area contributed by atoms with E-state index in [1.165, 1.54) is 0 Å². The van der Waals surface area contributed by atoms with Gasteiger partial charge in [0.15, 0.2) is 0 Å². The fourth-order valence-corrected chi connectivity index (χ4v) is 2.45. The van der Waals surface area contributed by atoms with Crippen molar-refractivity contribution in [3.05, 3.63) is 64.7 Å². The third-order valence-corrected chi connectivity index (χ3v) is 3.70. The van der Waals surface area contributed by atoms with Crippen molar-refractivity contribution in [1.82, 2.24) is 5.32 Å². The molecule has 0 unspecified atom stereocenters. The third-order valence-electron chi connectivity index (χ3n) is 3.44. The van der Waals surface area contributed by atoms with E-state index in [-0.39, 0.29) is 18.4 Å². The first kappa shape index (κ1) is 18.8. The van der Waals surface area contributed by atoms with Crippen LogP contribution >= 0.6 is 11.6 Å². The third kappa shape index (κ3) is 5.80. The van der Waals surface area contributed by atoms with Gasteiger partial charge in [-0.2, -0.15) is 0 Å². The number of halogens is 1. The molecule has 0 aliphatic heterocycles. The number of hydrogen-bond donors (Lipinski definition) is 2. The molecule has 0 radical (unpaired) electrons. The van der Waals surface area contributed by atoms with E-state index in [9.17, 15) is 9.59 Å². The molecule has 0 fully saturated rings. The Bertz CT molecular complexity index is 726. The largest absolute Gasteiger partial charge is 0.491 e.